The summed E-state index contributed by atoms with van der Waals surface area (Å²) in [6.45, 7) is 4.15. The molecule has 160 valence electrons. The Kier molecular flexibility index (Phi) is 5.62. The number of nitrogens with one attached hydrogen (secondary N) is 2. The van der Waals surface area contributed by atoms with Crippen LogP contribution in [0, 0.1) is 0 Å². The highest BCUT2D eigenvalue weighted by molar-refractivity contribution is 7.92. The summed E-state index contributed by atoms with van der Waals surface area (Å²) < 4.78 is 28.0. The van der Waals surface area contributed by atoms with Crippen LogP contribution in [0.5, 0.6) is 0 Å². The van der Waals surface area contributed by atoms with Gasteiger partial charge in [-0.2, -0.15) is 0 Å². The second-order valence-electron chi connectivity index (χ2n) is 8.94. The normalized spacial score (nSPS) is 18.4. The Morgan fingerprint density at radius 3 is 2.10 bits per heavy atom. The average Bonchev–Trinajstić information content (AvgIpc) is 3.39. The molecule has 2 aliphatic rings. The molecule has 4 rings (SSSR count). The zero-order valence-corrected chi connectivity index (χ0v) is 18.5. The van der Waals surface area contributed by atoms with Gasteiger partial charge in [0.2, 0.25) is 5.91 Å². The van der Waals surface area contributed by atoms with E-state index in [4.69, 9.17) is 0 Å². The third-order valence-corrected chi connectivity index (χ3v) is 7.82. The van der Waals surface area contributed by atoms with Gasteiger partial charge in [-0.25, -0.2) is 8.42 Å². The lowest BCUT2D eigenvalue weighted by Gasteiger charge is -2.20. The van der Waals surface area contributed by atoms with Gasteiger partial charge in [0.05, 0.1) is 10.3 Å². The van der Waals surface area contributed by atoms with Crippen molar-refractivity contribution in [2.45, 2.75) is 74.6 Å². The van der Waals surface area contributed by atoms with E-state index in [0.717, 1.165) is 36.8 Å². The molecule has 0 unspecified atom stereocenters. The minimum atomic E-state index is -3.65. The average molecular weight is 427 g/mol. The Morgan fingerprint density at radius 2 is 1.57 bits per heavy atom. The molecule has 2 aromatic rings. The molecule has 2 aliphatic carbocycles. The summed E-state index contributed by atoms with van der Waals surface area (Å²) in [7, 11) is -3.65. The Balaban J connectivity index is 1.45. The molecule has 0 saturated heterocycles. The number of sulfonamides is 1. The summed E-state index contributed by atoms with van der Waals surface area (Å²) in [6.07, 6.45) is 6.21. The second-order valence-corrected chi connectivity index (χ2v) is 10.6. The molecule has 5 nitrogen and oxygen atoms in total. The van der Waals surface area contributed by atoms with E-state index in [2.05, 4.69) is 23.9 Å². The molecule has 30 heavy (non-hydrogen) atoms. The molecule has 0 radical (unpaired) electrons. The molecular formula is C24H30N2O3S. The smallest absolute Gasteiger partial charge is 0.261 e. The molecule has 0 bridgehead atoms. The van der Waals surface area contributed by atoms with E-state index in [-0.39, 0.29) is 10.8 Å². The van der Waals surface area contributed by atoms with E-state index in [1.54, 1.807) is 24.3 Å². The fourth-order valence-corrected chi connectivity index (χ4v) is 5.33. The van der Waals surface area contributed by atoms with Gasteiger partial charge >= 0.3 is 0 Å². The van der Waals surface area contributed by atoms with Crippen molar-refractivity contribution in [3.05, 3.63) is 59.7 Å². The number of hydrogen-bond acceptors (Lipinski definition) is 3. The lowest BCUT2D eigenvalue weighted by molar-refractivity contribution is -0.124. The predicted octanol–water partition coefficient (Wildman–Crippen LogP) is 4.70. The SMILES string of the molecule is CC(C)c1ccc(S(=O)(=O)Nc2ccc(C3(C(=O)NC4CCCC4)CC3)cc2)cc1. The predicted molar refractivity (Wildman–Crippen MR) is 119 cm³/mol. The van der Waals surface area contributed by atoms with E-state index in [1.165, 1.54) is 12.8 Å². The highest BCUT2D eigenvalue weighted by Gasteiger charge is 2.51. The first kappa shape index (κ1) is 20.9. The summed E-state index contributed by atoms with van der Waals surface area (Å²) in [5, 5.41) is 3.22. The van der Waals surface area contributed by atoms with Crippen LogP contribution in [0.2, 0.25) is 0 Å². The van der Waals surface area contributed by atoms with E-state index in [0.29, 0.717) is 17.6 Å². The third-order valence-electron chi connectivity index (χ3n) is 6.42. The maximum Gasteiger partial charge on any atom is 0.261 e. The molecule has 2 saturated carbocycles. The van der Waals surface area contributed by atoms with Gasteiger partial charge in [-0.15, -0.1) is 0 Å². The molecule has 0 spiro atoms. The lowest BCUT2D eigenvalue weighted by Crippen LogP contribution is -2.40. The van der Waals surface area contributed by atoms with Crippen molar-refractivity contribution in [2.75, 3.05) is 4.72 Å². The largest absolute Gasteiger partial charge is 0.353 e. The van der Waals surface area contributed by atoms with Crippen molar-refractivity contribution < 1.29 is 13.2 Å². The first-order valence-corrected chi connectivity index (χ1v) is 12.3. The van der Waals surface area contributed by atoms with Gasteiger partial charge in [0.1, 0.15) is 0 Å². The minimum absolute atomic E-state index is 0.118. The molecule has 2 N–H and O–H groups in total. The van der Waals surface area contributed by atoms with Gasteiger partial charge in [0.25, 0.3) is 10.0 Å². The number of amides is 1. The molecule has 0 atom stereocenters. The lowest BCUT2D eigenvalue weighted by atomic mass is 9.94. The fraction of sp³-hybridized carbons (Fsp3) is 0.458. The first-order valence-electron chi connectivity index (χ1n) is 10.8. The van der Waals surface area contributed by atoms with Crippen molar-refractivity contribution in [3.8, 4) is 0 Å². The fourth-order valence-electron chi connectivity index (χ4n) is 4.27. The summed E-state index contributed by atoms with van der Waals surface area (Å²) in [5.41, 5.74) is 2.12. The van der Waals surface area contributed by atoms with Gasteiger partial charge in [0, 0.05) is 11.7 Å². The third kappa shape index (κ3) is 4.24. The standard InChI is InChI=1S/C24H30N2O3S/c1-17(2)18-7-13-22(14-8-18)30(28,29)26-21-11-9-19(10-12-21)24(15-16-24)23(27)25-20-5-3-4-6-20/h7-14,17,20,26H,3-6,15-16H2,1-2H3,(H,25,27). The highest BCUT2D eigenvalue weighted by Crippen LogP contribution is 2.49. The van der Waals surface area contributed by atoms with Crippen LogP contribution >= 0.6 is 0 Å². The van der Waals surface area contributed by atoms with Crippen molar-refractivity contribution in [3.63, 3.8) is 0 Å². The zero-order chi connectivity index (χ0) is 21.4. The molecule has 0 aliphatic heterocycles. The molecule has 1 amide bonds. The summed E-state index contributed by atoms with van der Waals surface area (Å²) in [5.74, 6) is 0.468. The Bertz CT molecular complexity index is 1000. The number of hydrogen-bond donors (Lipinski definition) is 2. The highest BCUT2D eigenvalue weighted by atomic mass is 32.2. The van der Waals surface area contributed by atoms with Crippen molar-refractivity contribution in [2.24, 2.45) is 0 Å². The topological polar surface area (TPSA) is 75.3 Å². The summed E-state index contributed by atoms with van der Waals surface area (Å²) in [4.78, 5) is 13.1. The van der Waals surface area contributed by atoms with E-state index in [9.17, 15) is 13.2 Å². The van der Waals surface area contributed by atoms with Crippen LogP contribution in [-0.4, -0.2) is 20.4 Å². The van der Waals surface area contributed by atoms with Gasteiger partial charge in [-0.1, -0.05) is 51.0 Å². The van der Waals surface area contributed by atoms with Gasteiger partial charge in [-0.3, -0.25) is 9.52 Å². The number of benzene rings is 2. The van der Waals surface area contributed by atoms with Gasteiger partial charge < -0.3 is 5.32 Å². The van der Waals surface area contributed by atoms with E-state index in [1.807, 2.05) is 24.3 Å². The Hall–Kier alpha value is -2.34. The van der Waals surface area contributed by atoms with Crippen LogP contribution in [0.1, 0.15) is 69.4 Å². The molecule has 0 heterocycles. The number of carbonyl (C=O) groups is 1. The van der Waals surface area contributed by atoms with Crippen LogP contribution < -0.4 is 10.0 Å². The maximum absolute atomic E-state index is 12.8. The number of rotatable bonds is 7. The Morgan fingerprint density at radius 1 is 0.967 bits per heavy atom. The van der Waals surface area contributed by atoms with Gasteiger partial charge in [0.15, 0.2) is 0 Å². The van der Waals surface area contributed by atoms with Crippen molar-refractivity contribution in [1.82, 2.24) is 5.32 Å². The zero-order valence-electron chi connectivity index (χ0n) is 17.6. The van der Waals surface area contributed by atoms with Crippen LogP contribution in [0.3, 0.4) is 0 Å². The minimum Gasteiger partial charge on any atom is -0.353 e. The van der Waals surface area contributed by atoms with Crippen LogP contribution in [0.4, 0.5) is 5.69 Å². The molecule has 2 fully saturated rings. The van der Waals surface area contributed by atoms with E-state index < -0.39 is 15.4 Å². The molecular weight excluding hydrogens is 396 g/mol. The Labute approximate surface area is 179 Å². The molecule has 6 heteroatoms. The maximum atomic E-state index is 12.8. The van der Waals surface area contributed by atoms with Crippen molar-refractivity contribution in [1.29, 1.82) is 0 Å². The quantitative estimate of drug-likeness (QED) is 0.674. The first-order chi connectivity index (χ1) is 14.3. The van der Waals surface area contributed by atoms with Crippen molar-refractivity contribution >= 4 is 21.6 Å². The van der Waals surface area contributed by atoms with Crippen LogP contribution in [0.25, 0.3) is 0 Å². The van der Waals surface area contributed by atoms with Gasteiger partial charge in [-0.05, 0) is 67.0 Å². The van der Waals surface area contributed by atoms with Crippen LogP contribution in [0.15, 0.2) is 53.4 Å². The summed E-state index contributed by atoms with van der Waals surface area (Å²) >= 11 is 0. The number of carbonyl (C=O) groups excluding carboxylic acids is 1. The monoisotopic (exact) mass is 426 g/mol. The summed E-state index contributed by atoms with van der Waals surface area (Å²) in [6, 6.07) is 14.5. The van der Waals surface area contributed by atoms with Crippen LogP contribution in [-0.2, 0) is 20.2 Å². The second kappa shape index (κ2) is 8.06. The number of anilines is 1. The van der Waals surface area contributed by atoms with E-state index >= 15 is 0 Å². The molecule has 0 aromatic heterocycles. The molecule has 2 aromatic carbocycles.